The Morgan fingerprint density at radius 2 is 1.75 bits per heavy atom. The minimum atomic E-state index is -4.58. The third kappa shape index (κ3) is 3.77. The highest BCUT2D eigenvalue weighted by Gasteiger charge is 2.25. The zero-order chi connectivity index (χ0) is 17.7. The van der Waals surface area contributed by atoms with E-state index < -0.39 is 32.5 Å². The fourth-order valence-electron chi connectivity index (χ4n) is 1.90. The molecule has 8 heteroatoms. The average Bonchev–Trinajstić information content (AvgIpc) is 2.52. The van der Waals surface area contributed by atoms with Gasteiger partial charge in [0.15, 0.2) is 4.90 Å². The van der Waals surface area contributed by atoms with Crippen LogP contribution in [0.25, 0.3) is 0 Å². The second kappa shape index (κ2) is 7.22. The van der Waals surface area contributed by atoms with Gasteiger partial charge in [-0.05, 0) is 24.3 Å². The SMILES string of the molecule is C=CCOC(=O)c1ccccc1NS(=O)(=O)c1c(F)cccc1F. The number of hydrogen-bond donors (Lipinski definition) is 1. The van der Waals surface area contributed by atoms with E-state index in [9.17, 15) is 22.0 Å². The number of rotatable bonds is 6. The highest BCUT2D eigenvalue weighted by molar-refractivity contribution is 7.92. The first-order chi connectivity index (χ1) is 11.4. The lowest BCUT2D eigenvalue weighted by Gasteiger charge is -2.12. The van der Waals surface area contributed by atoms with Crippen molar-refractivity contribution in [3.8, 4) is 0 Å². The first kappa shape index (κ1) is 17.6. The topological polar surface area (TPSA) is 72.5 Å². The minimum absolute atomic E-state index is 0.0676. The Morgan fingerprint density at radius 3 is 2.38 bits per heavy atom. The molecule has 2 aromatic rings. The maximum Gasteiger partial charge on any atom is 0.340 e. The van der Waals surface area contributed by atoms with E-state index in [1.54, 1.807) is 0 Å². The van der Waals surface area contributed by atoms with Gasteiger partial charge in [-0.3, -0.25) is 4.72 Å². The lowest BCUT2D eigenvalue weighted by molar-refractivity contribution is 0.0551. The molecule has 0 aliphatic carbocycles. The molecule has 0 aromatic heterocycles. The molecule has 0 fully saturated rings. The van der Waals surface area contributed by atoms with E-state index in [4.69, 9.17) is 4.74 Å². The van der Waals surface area contributed by atoms with Crippen molar-refractivity contribution in [1.82, 2.24) is 0 Å². The molecule has 2 aromatic carbocycles. The second-order valence-electron chi connectivity index (χ2n) is 4.59. The Morgan fingerprint density at radius 1 is 1.12 bits per heavy atom. The third-order valence-corrected chi connectivity index (χ3v) is 4.33. The summed E-state index contributed by atoms with van der Waals surface area (Å²) in [7, 11) is -4.58. The predicted octanol–water partition coefficient (Wildman–Crippen LogP) is 3.11. The highest BCUT2D eigenvalue weighted by atomic mass is 32.2. The van der Waals surface area contributed by atoms with Crippen LogP contribution in [0.15, 0.2) is 60.0 Å². The molecule has 0 saturated carbocycles. The molecule has 0 bridgehead atoms. The lowest BCUT2D eigenvalue weighted by Crippen LogP contribution is -2.19. The van der Waals surface area contributed by atoms with Crippen LogP contribution in [0.4, 0.5) is 14.5 Å². The maximum atomic E-state index is 13.7. The molecule has 0 saturated heterocycles. The molecule has 0 radical (unpaired) electrons. The fraction of sp³-hybridized carbons (Fsp3) is 0.0625. The molecule has 0 unspecified atom stereocenters. The van der Waals surface area contributed by atoms with Crippen molar-refractivity contribution < 1.29 is 26.7 Å². The molecule has 0 atom stereocenters. The number of carbonyl (C=O) groups is 1. The molecular formula is C16H13F2NO4S. The Hall–Kier alpha value is -2.74. The number of nitrogens with one attached hydrogen (secondary N) is 1. The Bertz CT molecular complexity index is 861. The van der Waals surface area contributed by atoms with Crippen molar-refractivity contribution in [1.29, 1.82) is 0 Å². The van der Waals surface area contributed by atoms with Gasteiger partial charge in [-0.25, -0.2) is 22.0 Å². The van der Waals surface area contributed by atoms with Crippen LogP contribution in [0.5, 0.6) is 0 Å². The standard InChI is InChI=1S/C16H13F2NO4S/c1-2-10-23-16(20)11-6-3-4-9-14(11)19-24(21,22)15-12(17)7-5-8-13(15)18/h2-9,19H,1,10H2. The number of anilines is 1. The van der Waals surface area contributed by atoms with Crippen LogP contribution in [0.1, 0.15) is 10.4 Å². The molecule has 0 heterocycles. The van der Waals surface area contributed by atoms with Gasteiger partial charge in [-0.1, -0.05) is 30.9 Å². The van der Waals surface area contributed by atoms with Crippen LogP contribution in [-0.2, 0) is 14.8 Å². The number of para-hydroxylation sites is 1. The largest absolute Gasteiger partial charge is 0.458 e. The Kier molecular flexibility index (Phi) is 5.30. The first-order valence-corrected chi connectivity index (χ1v) is 8.19. The summed E-state index contributed by atoms with van der Waals surface area (Å²) in [5.41, 5.74) is -0.256. The number of benzene rings is 2. The zero-order valence-electron chi connectivity index (χ0n) is 12.3. The molecule has 0 aliphatic rings. The van der Waals surface area contributed by atoms with Gasteiger partial charge in [-0.15, -0.1) is 0 Å². The molecule has 1 N–H and O–H groups in total. The monoisotopic (exact) mass is 353 g/mol. The summed E-state index contributed by atoms with van der Waals surface area (Å²) < 4.78 is 58.8. The normalized spacial score (nSPS) is 10.9. The molecule has 0 amide bonds. The summed E-state index contributed by atoms with van der Waals surface area (Å²) in [6.07, 6.45) is 1.35. The van der Waals surface area contributed by atoms with E-state index in [-0.39, 0.29) is 17.9 Å². The number of halogens is 2. The molecule has 0 aliphatic heterocycles. The van der Waals surface area contributed by atoms with E-state index in [2.05, 4.69) is 6.58 Å². The van der Waals surface area contributed by atoms with Gasteiger partial charge < -0.3 is 4.74 Å². The number of carbonyl (C=O) groups excluding carboxylic acids is 1. The van der Waals surface area contributed by atoms with Crippen LogP contribution in [0.2, 0.25) is 0 Å². The summed E-state index contributed by atoms with van der Waals surface area (Å²) in [4.78, 5) is 10.8. The smallest absolute Gasteiger partial charge is 0.340 e. The molecule has 24 heavy (non-hydrogen) atoms. The molecule has 5 nitrogen and oxygen atoms in total. The number of ether oxygens (including phenoxy) is 1. The van der Waals surface area contributed by atoms with E-state index in [1.807, 2.05) is 4.72 Å². The van der Waals surface area contributed by atoms with E-state index in [0.29, 0.717) is 0 Å². The van der Waals surface area contributed by atoms with Gasteiger partial charge in [0.2, 0.25) is 0 Å². The van der Waals surface area contributed by atoms with Gasteiger partial charge in [0.25, 0.3) is 10.0 Å². The molecule has 2 rings (SSSR count). The summed E-state index contributed by atoms with van der Waals surface area (Å²) in [5, 5.41) is 0. The quantitative estimate of drug-likeness (QED) is 0.640. The molecule has 126 valence electrons. The van der Waals surface area contributed by atoms with Crippen molar-refractivity contribution in [3.63, 3.8) is 0 Å². The van der Waals surface area contributed by atoms with Crippen molar-refractivity contribution in [3.05, 3.63) is 72.3 Å². The average molecular weight is 353 g/mol. The minimum Gasteiger partial charge on any atom is -0.458 e. The van der Waals surface area contributed by atoms with Gasteiger partial charge in [-0.2, -0.15) is 0 Å². The summed E-state index contributed by atoms with van der Waals surface area (Å²) in [6, 6.07) is 8.24. The van der Waals surface area contributed by atoms with Crippen LogP contribution in [0.3, 0.4) is 0 Å². The second-order valence-corrected chi connectivity index (χ2v) is 6.21. The van der Waals surface area contributed by atoms with Crippen molar-refractivity contribution in [2.75, 3.05) is 11.3 Å². The van der Waals surface area contributed by atoms with Crippen LogP contribution in [-0.4, -0.2) is 21.0 Å². The van der Waals surface area contributed by atoms with E-state index >= 15 is 0 Å². The van der Waals surface area contributed by atoms with Crippen molar-refractivity contribution in [2.45, 2.75) is 4.90 Å². The van der Waals surface area contributed by atoms with Crippen LogP contribution >= 0.6 is 0 Å². The number of hydrogen-bond acceptors (Lipinski definition) is 4. The van der Waals surface area contributed by atoms with Gasteiger partial charge >= 0.3 is 5.97 Å². The molecule has 0 spiro atoms. The lowest BCUT2D eigenvalue weighted by atomic mass is 10.2. The summed E-state index contributed by atoms with van der Waals surface area (Å²) >= 11 is 0. The number of sulfonamides is 1. The molecular weight excluding hydrogens is 340 g/mol. The number of esters is 1. The van der Waals surface area contributed by atoms with Gasteiger partial charge in [0.05, 0.1) is 11.3 Å². The first-order valence-electron chi connectivity index (χ1n) is 6.70. The maximum absolute atomic E-state index is 13.7. The van der Waals surface area contributed by atoms with Crippen molar-refractivity contribution >= 4 is 21.7 Å². The predicted molar refractivity (Wildman–Crippen MR) is 84.1 cm³/mol. The summed E-state index contributed by atoms with van der Waals surface area (Å²) in [5.74, 6) is -3.29. The zero-order valence-corrected chi connectivity index (χ0v) is 13.1. The van der Waals surface area contributed by atoms with E-state index in [1.165, 1.54) is 30.3 Å². The fourth-order valence-corrected chi connectivity index (χ4v) is 3.12. The Balaban J connectivity index is 2.41. The third-order valence-electron chi connectivity index (χ3n) is 2.91. The van der Waals surface area contributed by atoms with E-state index in [0.717, 1.165) is 18.2 Å². The van der Waals surface area contributed by atoms with Gasteiger partial charge in [0, 0.05) is 0 Å². The van der Waals surface area contributed by atoms with Crippen LogP contribution in [0, 0.1) is 11.6 Å². The Labute approximate surface area is 137 Å². The van der Waals surface area contributed by atoms with Crippen LogP contribution < -0.4 is 4.72 Å². The summed E-state index contributed by atoms with van der Waals surface area (Å²) in [6.45, 7) is 3.33. The van der Waals surface area contributed by atoms with Crippen molar-refractivity contribution in [2.24, 2.45) is 0 Å². The van der Waals surface area contributed by atoms with Gasteiger partial charge in [0.1, 0.15) is 18.2 Å². The highest BCUT2D eigenvalue weighted by Crippen LogP contribution is 2.24.